The minimum absolute atomic E-state index is 0.0898. The predicted octanol–water partition coefficient (Wildman–Crippen LogP) is 1.74. The fraction of sp³-hybridized carbons (Fsp3) is 0.750. The smallest absolute Gasteiger partial charge is 0.391 e. The van der Waals surface area contributed by atoms with Crippen LogP contribution in [-0.4, -0.2) is 27.1 Å². The number of nitrogens with one attached hydrogen (secondary N) is 1. The van der Waals surface area contributed by atoms with Gasteiger partial charge in [-0.05, 0) is 18.8 Å². The third-order valence-corrected chi connectivity index (χ3v) is 2.98. The summed E-state index contributed by atoms with van der Waals surface area (Å²) in [5, 5.41) is 12.2. The van der Waals surface area contributed by atoms with Gasteiger partial charge >= 0.3 is 6.18 Å². The van der Waals surface area contributed by atoms with Gasteiger partial charge in [-0.1, -0.05) is 0 Å². The van der Waals surface area contributed by atoms with Crippen molar-refractivity contribution in [3.8, 4) is 0 Å². The van der Waals surface area contributed by atoms with Gasteiger partial charge in [0.05, 0.1) is 6.10 Å². The van der Waals surface area contributed by atoms with E-state index >= 15 is 0 Å². The molecule has 1 saturated carbocycles. The van der Waals surface area contributed by atoms with Gasteiger partial charge in [-0.15, -0.1) is 0 Å². The minimum Gasteiger partial charge on any atom is -0.391 e. The first-order valence-electron chi connectivity index (χ1n) is 4.79. The van der Waals surface area contributed by atoms with Gasteiger partial charge in [0.25, 0.3) is 0 Å². The van der Waals surface area contributed by atoms with E-state index in [9.17, 15) is 18.3 Å². The van der Waals surface area contributed by atoms with Crippen molar-refractivity contribution < 1.29 is 18.3 Å². The van der Waals surface area contributed by atoms with Gasteiger partial charge in [0.1, 0.15) is 0 Å². The van der Waals surface area contributed by atoms with E-state index in [-0.39, 0.29) is 17.6 Å². The maximum Gasteiger partial charge on any atom is 0.452 e. The summed E-state index contributed by atoms with van der Waals surface area (Å²) in [7, 11) is 0. The highest BCUT2D eigenvalue weighted by molar-refractivity contribution is 7.09. The molecule has 4 nitrogen and oxygen atoms in total. The van der Waals surface area contributed by atoms with Crippen LogP contribution < -0.4 is 5.32 Å². The SMILES string of the molecule is OC(CNc1nc(C(F)(F)F)ns1)C1CC1. The zero-order valence-electron chi connectivity index (χ0n) is 8.16. The zero-order chi connectivity index (χ0) is 11.8. The largest absolute Gasteiger partial charge is 0.452 e. The van der Waals surface area contributed by atoms with Crippen LogP contribution >= 0.6 is 11.5 Å². The van der Waals surface area contributed by atoms with Crippen molar-refractivity contribution in [2.24, 2.45) is 5.92 Å². The molecule has 0 aromatic carbocycles. The molecule has 0 spiro atoms. The Kier molecular flexibility index (Phi) is 3.02. The van der Waals surface area contributed by atoms with Crippen LogP contribution in [0.3, 0.4) is 0 Å². The Labute approximate surface area is 93.7 Å². The third kappa shape index (κ3) is 2.82. The summed E-state index contributed by atoms with van der Waals surface area (Å²) < 4.78 is 39.6. The molecule has 1 aliphatic rings. The highest BCUT2D eigenvalue weighted by Gasteiger charge is 2.36. The number of hydrogen-bond acceptors (Lipinski definition) is 5. The normalized spacial score (nSPS) is 18.5. The van der Waals surface area contributed by atoms with E-state index in [0.717, 1.165) is 12.8 Å². The van der Waals surface area contributed by atoms with Crippen molar-refractivity contribution >= 4 is 16.7 Å². The number of nitrogens with zero attached hydrogens (tertiary/aromatic N) is 2. The van der Waals surface area contributed by atoms with E-state index in [4.69, 9.17) is 0 Å². The molecule has 90 valence electrons. The molecule has 1 fully saturated rings. The van der Waals surface area contributed by atoms with Gasteiger partial charge in [-0.2, -0.15) is 22.5 Å². The molecule has 0 amide bonds. The quantitative estimate of drug-likeness (QED) is 0.858. The Hall–Kier alpha value is -0.890. The molecule has 1 unspecified atom stereocenters. The van der Waals surface area contributed by atoms with E-state index < -0.39 is 18.1 Å². The van der Waals surface area contributed by atoms with Crippen LogP contribution in [0.25, 0.3) is 0 Å². The van der Waals surface area contributed by atoms with Crippen LogP contribution in [0.5, 0.6) is 0 Å². The third-order valence-electron chi connectivity index (χ3n) is 2.31. The Bertz CT molecular complexity index is 364. The Morgan fingerprint density at radius 1 is 1.50 bits per heavy atom. The molecular formula is C8H10F3N3OS. The van der Waals surface area contributed by atoms with Gasteiger partial charge in [0, 0.05) is 18.1 Å². The Morgan fingerprint density at radius 3 is 2.69 bits per heavy atom. The van der Waals surface area contributed by atoms with Crippen LogP contribution in [0.15, 0.2) is 0 Å². The zero-order valence-corrected chi connectivity index (χ0v) is 8.98. The number of hydrogen-bond donors (Lipinski definition) is 2. The van der Waals surface area contributed by atoms with Crippen LogP contribution in [0, 0.1) is 5.92 Å². The lowest BCUT2D eigenvalue weighted by molar-refractivity contribution is -0.144. The summed E-state index contributed by atoms with van der Waals surface area (Å²) in [5.41, 5.74) is 0. The molecule has 1 aromatic rings. The highest BCUT2D eigenvalue weighted by atomic mass is 32.1. The van der Waals surface area contributed by atoms with Crippen molar-refractivity contribution in [3.63, 3.8) is 0 Å². The van der Waals surface area contributed by atoms with E-state index in [0.29, 0.717) is 11.5 Å². The molecule has 2 N–H and O–H groups in total. The van der Waals surface area contributed by atoms with Crippen LogP contribution in [0.4, 0.5) is 18.3 Å². The summed E-state index contributed by atoms with van der Waals surface area (Å²) >= 11 is 0.647. The first-order chi connectivity index (χ1) is 7.47. The molecule has 8 heteroatoms. The number of aliphatic hydroxyl groups excluding tert-OH is 1. The molecule has 1 aromatic heterocycles. The first-order valence-corrected chi connectivity index (χ1v) is 5.57. The van der Waals surface area contributed by atoms with Gasteiger partial charge in [0.2, 0.25) is 11.0 Å². The minimum atomic E-state index is -4.51. The van der Waals surface area contributed by atoms with Crippen LogP contribution in [0.2, 0.25) is 0 Å². The molecule has 1 heterocycles. The first kappa shape index (κ1) is 11.6. The fourth-order valence-corrected chi connectivity index (χ4v) is 1.84. The van der Waals surface area contributed by atoms with Crippen LogP contribution in [-0.2, 0) is 6.18 Å². The molecule has 16 heavy (non-hydrogen) atoms. The topological polar surface area (TPSA) is 58.0 Å². The van der Waals surface area contributed by atoms with E-state index in [1.54, 1.807) is 0 Å². The van der Waals surface area contributed by atoms with E-state index in [2.05, 4.69) is 14.7 Å². The Morgan fingerprint density at radius 2 is 2.19 bits per heavy atom. The van der Waals surface area contributed by atoms with Crippen molar-refractivity contribution in [3.05, 3.63) is 5.82 Å². The lowest BCUT2D eigenvalue weighted by Gasteiger charge is -2.08. The van der Waals surface area contributed by atoms with E-state index in [1.807, 2.05) is 0 Å². The standard InChI is InChI=1S/C8H10F3N3OS/c9-8(10,11)6-13-7(16-14-6)12-3-5(15)4-1-2-4/h4-5,15H,1-3H2,(H,12,13,14). The lowest BCUT2D eigenvalue weighted by Crippen LogP contribution is -2.21. The van der Waals surface area contributed by atoms with Crippen molar-refractivity contribution in [2.75, 3.05) is 11.9 Å². The molecule has 0 bridgehead atoms. The second kappa shape index (κ2) is 4.17. The second-order valence-corrected chi connectivity index (χ2v) is 4.46. The summed E-state index contributed by atoms with van der Waals surface area (Å²) in [5.74, 6) is -0.858. The highest BCUT2D eigenvalue weighted by Crippen LogP contribution is 2.33. The Balaban J connectivity index is 1.87. The van der Waals surface area contributed by atoms with E-state index in [1.165, 1.54) is 0 Å². The van der Waals surface area contributed by atoms with Gasteiger partial charge < -0.3 is 10.4 Å². The summed E-state index contributed by atoms with van der Waals surface area (Å²) in [6.07, 6.45) is -3.07. The molecule has 0 radical (unpaired) electrons. The number of halogens is 3. The summed E-state index contributed by atoms with van der Waals surface area (Å²) in [6.45, 7) is 0.219. The van der Waals surface area contributed by atoms with Crippen molar-refractivity contribution in [2.45, 2.75) is 25.1 Å². The molecule has 2 rings (SSSR count). The summed E-state index contributed by atoms with van der Waals surface area (Å²) in [4.78, 5) is 3.29. The predicted molar refractivity (Wildman–Crippen MR) is 52.1 cm³/mol. The molecule has 0 saturated heterocycles. The average Bonchev–Trinajstić information content (AvgIpc) is 2.92. The van der Waals surface area contributed by atoms with Crippen LogP contribution in [0.1, 0.15) is 18.7 Å². The van der Waals surface area contributed by atoms with Gasteiger partial charge in [-0.3, -0.25) is 0 Å². The fourth-order valence-electron chi connectivity index (χ4n) is 1.25. The molecule has 0 aliphatic heterocycles. The number of anilines is 1. The maximum atomic E-state index is 12.1. The average molecular weight is 253 g/mol. The number of aliphatic hydroxyl groups is 1. The number of alkyl halides is 3. The van der Waals surface area contributed by atoms with Crippen molar-refractivity contribution in [1.82, 2.24) is 9.36 Å². The molecule has 1 aliphatic carbocycles. The molecule has 1 atom stereocenters. The van der Waals surface area contributed by atoms with Gasteiger partial charge in [0.15, 0.2) is 0 Å². The molecular weight excluding hydrogens is 243 g/mol. The second-order valence-electron chi connectivity index (χ2n) is 3.71. The van der Waals surface area contributed by atoms with Crippen molar-refractivity contribution in [1.29, 1.82) is 0 Å². The monoisotopic (exact) mass is 253 g/mol. The number of aromatic nitrogens is 2. The van der Waals surface area contributed by atoms with Gasteiger partial charge in [-0.25, -0.2) is 0 Å². The lowest BCUT2D eigenvalue weighted by atomic mass is 10.2. The maximum absolute atomic E-state index is 12.1. The summed E-state index contributed by atoms with van der Waals surface area (Å²) in [6, 6.07) is 0. The number of rotatable bonds is 4.